The fourth-order valence-corrected chi connectivity index (χ4v) is 3.78. The molecule has 3 amide bonds. The van der Waals surface area contributed by atoms with Gasteiger partial charge in [0.1, 0.15) is 0 Å². The Morgan fingerprint density at radius 1 is 1.00 bits per heavy atom. The number of aryl methyl sites for hydroxylation is 1. The summed E-state index contributed by atoms with van der Waals surface area (Å²) in [6.07, 6.45) is 0.286. The van der Waals surface area contributed by atoms with Gasteiger partial charge in [-0.15, -0.1) is 11.3 Å². The Hall–Kier alpha value is -3.25. The van der Waals surface area contributed by atoms with Crippen molar-refractivity contribution >= 4 is 40.4 Å². The number of imide groups is 1. The van der Waals surface area contributed by atoms with Crippen molar-refractivity contribution in [1.82, 2.24) is 0 Å². The Balaban J connectivity index is 1.60. The highest BCUT2D eigenvalue weighted by Gasteiger charge is 2.36. The number of hydrogen-bond donors (Lipinski definition) is 1. The van der Waals surface area contributed by atoms with Crippen molar-refractivity contribution in [2.45, 2.75) is 13.3 Å². The standard InChI is InChI=1S/C21H16N2O3S/c1-13-8-9-14(11-18(13)22-19(24)12-15-5-4-10-27-15)23-20(25)16-6-2-3-7-17(16)21(23)26/h2-11H,12H2,1H3,(H,22,24). The molecule has 2 heterocycles. The normalized spacial score (nSPS) is 13.0. The first-order valence-electron chi connectivity index (χ1n) is 8.45. The number of nitrogens with one attached hydrogen (secondary N) is 1. The van der Waals surface area contributed by atoms with Crippen LogP contribution in [-0.2, 0) is 11.2 Å². The van der Waals surface area contributed by atoms with E-state index >= 15 is 0 Å². The van der Waals surface area contributed by atoms with Crippen LogP contribution >= 0.6 is 11.3 Å². The summed E-state index contributed by atoms with van der Waals surface area (Å²) in [6, 6.07) is 15.8. The molecule has 6 heteroatoms. The molecule has 4 rings (SSSR count). The van der Waals surface area contributed by atoms with Gasteiger partial charge in [-0.3, -0.25) is 14.4 Å². The average molecular weight is 376 g/mol. The van der Waals surface area contributed by atoms with Gasteiger partial charge in [0.15, 0.2) is 0 Å². The van der Waals surface area contributed by atoms with Crippen LogP contribution in [-0.4, -0.2) is 17.7 Å². The second-order valence-corrected chi connectivity index (χ2v) is 7.33. The highest BCUT2D eigenvalue weighted by atomic mass is 32.1. The first-order valence-corrected chi connectivity index (χ1v) is 9.33. The van der Waals surface area contributed by atoms with Crippen LogP contribution in [0.1, 0.15) is 31.2 Å². The molecule has 0 fully saturated rings. The van der Waals surface area contributed by atoms with Gasteiger partial charge in [-0.25, -0.2) is 4.90 Å². The lowest BCUT2D eigenvalue weighted by Crippen LogP contribution is -2.29. The van der Waals surface area contributed by atoms with Gasteiger partial charge in [-0.05, 0) is 48.2 Å². The summed E-state index contributed by atoms with van der Waals surface area (Å²) in [7, 11) is 0. The number of fused-ring (bicyclic) bond motifs is 1. The van der Waals surface area contributed by atoms with Crippen LogP contribution in [0.25, 0.3) is 0 Å². The lowest BCUT2D eigenvalue weighted by molar-refractivity contribution is -0.115. The molecule has 0 radical (unpaired) electrons. The van der Waals surface area contributed by atoms with Gasteiger partial charge in [0.05, 0.1) is 23.2 Å². The van der Waals surface area contributed by atoms with Crippen LogP contribution in [0.3, 0.4) is 0 Å². The number of benzene rings is 2. The zero-order valence-electron chi connectivity index (χ0n) is 14.6. The summed E-state index contributed by atoms with van der Waals surface area (Å²) in [5, 5.41) is 4.81. The van der Waals surface area contributed by atoms with Crippen molar-refractivity contribution in [3.8, 4) is 0 Å². The fraction of sp³-hybridized carbons (Fsp3) is 0.0952. The van der Waals surface area contributed by atoms with Crippen LogP contribution in [0.4, 0.5) is 11.4 Å². The molecule has 1 aromatic heterocycles. The van der Waals surface area contributed by atoms with Crippen molar-refractivity contribution in [3.63, 3.8) is 0 Å². The summed E-state index contributed by atoms with van der Waals surface area (Å²) in [4.78, 5) is 39.8. The van der Waals surface area contributed by atoms with Crippen LogP contribution in [0, 0.1) is 6.92 Å². The number of thiophene rings is 1. The van der Waals surface area contributed by atoms with E-state index in [-0.39, 0.29) is 24.1 Å². The molecule has 134 valence electrons. The van der Waals surface area contributed by atoms with Gasteiger partial charge in [0.2, 0.25) is 5.91 Å². The number of carbonyl (C=O) groups is 3. The zero-order chi connectivity index (χ0) is 19.0. The van der Waals surface area contributed by atoms with Gasteiger partial charge >= 0.3 is 0 Å². The fourth-order valence-electron chi connectivity index (χ4n) is 3.07. The molecule has 1 aliphatic heterocycles. The van der Waals surface area contributed by atoms with Gasteiger partial charge in [-0.1, -0.05) is 24.3 Å². The van der Waals surface area contributed by atoms with Crippen LogP contribution < -0.4 is 10.2 Å². The minimum absolute atomic E-state index is 0.139. The topological polar surface area (TPSA) is 66.5 Å². The SMILES string of the molecule is Cc1ccc(N2C(=O)c3ccccc3C2=O)cc1NC(=O)Cc1cccs1. The van der Waals surface area contributed by atoms with Crippen molar-refractivity contribution < 1.29 is 14.4 Å². The second kappa shape index (κ2) is 6.81. The van der Waals surface area contributed by atoms with Gasteiger partial charge in [0.25, 0.3) is 11.8 Å². The van der Waals surface area contributed by atoms with Crippen LogP contribution in [0.15, 0.2) is 60.0 Å². The maximum atomic E-state index is 12.7. The smallest absolute Gasteiger partial charge is 0.266 e. The molecule has 0 aliphatic carbocycles. The molecule has 0 saturated heterocycles. The quantitative estimate of drug-likeness (QED) is 0.699. The van der Waals surface area contributed by atoms with E-state index in [1.807, 2.05) is 24.4 Å². The van der Waals surface area contributed by atoms with Crippen LogP contribution in [0.5, 0.6) is 0 Å². The van der Waals surface area contributed by atoms with E-state index in [0.717, 1.165) is 15.3 Å². The lowest BCUT2D eigenvalue weighted by Gasteiger charge is -2.17. The zero-order valence-corrected chi connectivity index (χ0v) is 15.4. The monoisotopic (exact) mass is 376 g/mol. The minimum atomic E-state index is -0.352. The van der Waals surface area contributed by atoms with Crippen LogP contribution in [0.2, 0.25) is 0 Å². The summed E-state index contributed by atoms with van der Waals surface area (Å²) in [5.41, 5.74) is 2.68. The number of carbonyl (C=O) groups excluding carboxylic acids is 3. The predicted octanol–water partition coefficient (Wildman–Crippen LogP) is 4.04. The average Bonchev–Trinajstić information content (AvgIpc) is 3.25. The minimum Gasteiger partial charge on any atom is -0.325 e. The second-order valence-electron chi connectivity index (χ2n) is 6.29. The Bertz CT molecular complexity index is 1020. The van der Waals surface area contributed by atoms with Gasteiger partial charge in [0, 0.05) is 10.6 Å². The van der Waals surface area contributed by atoms with Crippen molar-refractivity contribution in [1.29, 1.82) is 0 Å². The highest BCUT2D eigenvalue weighted by molar-refractivity contribution is 7.10. The first kappa shape index (κ1) is 17.2. The maximum Gasteiger partial charge on any atom is 0.266 e. The van der Waals surface area contributed by atoms with E-state index < -0.39 is 0 Å². The molecule has 5 nitrogen and oxygen atoms in total. The molecule has 0 unspecified atom stereocenters. The Kier molecular flexibility index (Phi) is 4.33. The largest absolute Gasteiger partial charge is 0.325 e. The van der Waals surface area contributed by atoms with Crippen molar-refractivity contribution in [3.05, 3.63) is 81.5 Å². The summed E-state index contributed by atoms with van der Waals surface area (Å²) >= 11 is 1.52. The van der Waals surface area contributed by atoms with E-state index in [0.29, 0.717) is 22.5 Å². The molecule has 0 bridgehead atoms. The molecule has 0 atom stereocenters. The number of hydrogen-bond acceptors (Lipinski definition) is 4. The Morgan fingerprint density at radius 2 is 1.70 bits per heavy atom. The number of amides is 3. The molecule has 1 aliphatic rings. The maximum absolute atomic E-state index is 12.7. The first-order chi connectivity index (χ1) is 13.0. The third kappa shape index (κ3) is 3.15. The summed E-state index contributed by atoms with van der Waals surface area (Å²) < 4.78 is 0. The van der Waals surface area contributed by atoms with Crippen molar-refractivity contribution in [2.75, 3.05) is 10.2 Å². The molecule has 0 saturated carbocycles. The molecule has 1 N–H and O–H groups in total. The molecule has 3 aromatic rings. The van der Waals surface area contributed by atoms with E-state index in [9.17, 15) is 14.4 Å². The van der Waals surface area contributed by atoms with E-state index in [4.69, 9.17) is 0 Å². The molecular weight excluding hydrogens is 360 g/mol. The Labute approximate surface area is 160 Å². The lowest BCUT2D eigenvalue weighted by atomic mass is 10.1. The number of anilines is 2. The summed E-state index contributed by atoms with van der Waals surface area (Å²) in [5.74, 6) is -0.842. The van der Waals surface area contributed by atoms with Gasteiger partial charge < -0.3 is 5.32 Å². The van der Waals surface area contributed by atoms with E-state index in [1.54, 1.807) is 42.5 Å². The molecular formula is C21H16N2O3S. The third-order valence-electron chi connectivity index (χ3n) is 4.46. The molecule has 27 heavy (non-hydrogen) atoms. The molecule has 2 aromatic carbocycles. The summed E-state index contributed by atoms with van der Waals surface area (Å²) in [6.45, 7) is 1.87. The predicted molar refractivity (Wildman–Crippen MR) is 105 cm³/mol. The van der Waals surface area contributed by atoms with Gasteiger partial charge in [-0.2, -0.15) is 0 Å². The number of nitrogens with zero attached hydrogens (tertiary/aromatic N) is 1. The molecule has 0 spiro atoms. The third-order valence-corrected chi connectivity index (χ3v) is 5.34. The van der Waals surface area contributed by atoms with E-state index in [1.165, 1.54) is 11.3 Å². The van der Waals surface area contributed by atoms with Crippen molar-refractivity contribution in [2.24, 2.45) is 0 Å². The van der Waals surface area contributed by atoms with E-state index in [2.05, 4.69) is 5.32 Å². The highest BCUT2D eigenvalue weighted by Crippen LogP contribution is 2.31. The Morgan fingerprint density at radius 3 is 2.33 bits per heavy atom. The number of rotatable bonds is 4.